The number of nitrogens with two attached hydrogens (primary N) is 2. The molecule has 1 aliphatic heterocycles. The van der Waals surface area contributed by atoms with E-state index in [1.807, 2.05) is 0 Å². The van der Waals surface area contributed by atoms with Crippen LogP contribution in [-0.2, 0) is 4.79 Å². The zero-order valence-corrected chi connectivity index (χ0v) is 19.9. The Morgan fingerprint density at radius 1 is 1.32 bits per heavy atom. The first-order valence-electron chi connectivity index (χ1n) is 10.6. The molecule has 180 valence electrons. The summed E-state index contributed by atoms with van der Waals surface area (Å²) >= 11 is 1.25. The van der Waals surface area contributed by atoms with Crippen LogP contribution in [0.5, 0.6) is 11.5 Å². The normalized spacial score (nSPS) is 16.3. The van der Waals surface area contributed by atoms with Gasteiger partial charge in [0.05, 0.1) is 23.4 Å². The third-order valence-electron chi connectivity index (χ3n) is 5.07. The maximum atomic E-state index is 12.7. The van der Waals surface area contributed by atoms with Gasteiger partial charge >= 0.3 is 6.03 Å². The van der Waals surface area contributed by atoms with Gasteiger partial charge in [0.2, 0.25) is 5.91 Å². The predicted molar refractivity (Wildman–Crippen MR) is 133 cm³/mol. The minimum atomic E-state index is -0.605. The third kappa shape index (κ3) is 6.13. The van der Waals surface area contributed by atoms with E-state index >= 15 is 0 Å². The van der Waals surface area contributed by atoms with Crippen molar-refractivity contribution in [3.8, 4) is 11.5 Å². The van der Waals surface area contributed by atoms with Crippen molar-refractivity contribution in [2.24, 2.45) is 16.5 Å². The Morgan fingerprint density at radius 2 is 2.03 bits per heavy atom. The summed E-state index contributed by atoms with van der Waals surface area (Å²) in [5, 5.41) is 3.14. The predicted octanol–water partition coefficient (Wildman–Crippen LogP) is 2.90. The number of amides is 3. The number of nitrogens with one attached hydrogen (secondary N) is 1. The number of amidine groups is 1. The first-order valence-corrected chi connectivity index (χ1v) is 11.4. The number of aliphatic imine (C=N–C) groups is 1. The molecule has 1 atom stereocenters. The van der Waals surface area contributed by atoms with Gasteiger partial charge in [0.1, 0.15) is 30.0 Å². The highest BCUT2D eigenvalue weighted by molar-refractivity contribution is 7.17. The summed E-state index contributed by atoms with van der Waals surface area (Å²) in [5.74, 6) is 1.09. The lowest BCUT2D eigenvalue weighted by molar-refractivity contribution is -0.121. The zero-order valence-electron chi connectivity index (χ0n) is 19.1. The molecule has 2 aromatic rings. The average molecular weight is 485 g/mol. The molecule has 0 saturated carbocycles. The molecule has 11 heteroatoms. The molecule has 0 unspecified atom stereocenters. The molecule has 3 rings (SSSR count). The third-order valence-corrected chi connectivity index (χ3v) is 6.17. The standard InChI is InChI=1S/C23H28N6O4S/c1-4-6-17(27-19(24)13-33-16-10-8-15(32-3)9-11-16)20-14(2)26-22(34-20)28-23(31)29-12-5-7-18(29)21(25)30/h4,6,8-11,18H,1,5,7,12-13H2,2-3H3,(H2,24,27)(H2,25,30)(H,26,28,31)/b17-6-/t18-/m0/s1. The first-order chi connectivity index (χ1) is 16.3. The van der Waals surface area contributed by atoms with Gasteiger partial charge in [0.15, 0.2) is 5.13 Å². The number of carbonyl (C=O) groups is 2. The van der Waals surface area contributed by atoms with E-state index in [9.17, 15) is 9.59 Å². The van der Waals surface area contributed by atoms with Crippen molar-refractivity contribution >= 4 is 39.9 Å². The minimum absolute atomic E-state index is 0.0751. The molecule has 1 aliphatic rings. The summed E-state index contributed by atoms with van der Waals surface area (Å²) in [4.78, 5) is 35.3. The number of thiazole rings is 1. The lowest BCUT2D eigenvalue weighted by atomic mass is 10.2. The molecular weight excluding hydrogens is 456 g/mol. The summed E-state index contributed by atoms with van der Waals surface area (Å²) in [6.45, 7) is 6.09. The van der Waals surface area contributed by atoms with Gasteiger partial charge in [0, 0.05) is 6.54 Å². The van der Waals surface area contributed by atoms with Gasteiger partial charge in [-0.25, -0.2) is 14.8 Å². The highest BCUT2D eigenvalue weighted by atomic mass is 32.1. The highest BCUT2D eigenvalue weighted by Crippen LogP contribution is 2.31. The number of ether oxygens (including phenoxy) is 2. The number of hydrogen-bond acceptors (Lipinski definition) is 7. The van der Waals surface area contributed by atoms with E-state index in [4.69, 9.17) is 20.9 Å². The molecule has 1 aromatic carbocycles. The number of benzene rings is 1. The van der Waals surface area contributed by atoms with Crippen LogP contribution in [0.4, 0.5) is 9.93 Å². The smallest absolute Gasteiger partial charge is 0.324 e. The number of nitrogens with zero attached hydrogens (tertiary/aromatic N) is 3. The van der Waals surface area contributed by atoms with Gasteiger partial charge in [-0.2, -0.15) is 0 Å². The van der Waals surface area contributed by atoms with Crippen LogP contribution in [0.1, 0.15) is 23.4 Å². The number of urea groups is 1. The van der Waals surface area contributed by atoms with Crippen molar-refractivity contribution in [2.75, 3.05) is 25.6 Å². The number of primary amides is 1. The summed E-state index contributed by atoms with van der Waals surface area (Å²) < 4.78 is 10.8. The molecule has 3 amide bonds. The second kappa shape index (κ2) is 11.3. The lowest BCUT2D eigenvalue weighted by Gasteiger charge is -2.21. The SMILES string of the molecule is C=C/C=C(\N=C(/N)COc1ccc(OC)cc1)c1sc(NC(=O)N2CCC[C@H]2C(N)=O)nc1C. The monoisotopic (exact) mass is 484 g/mol. The van der Waals surface area contributed by atoms with Crippen molar-refractivity contribution < 1.29 is 19.1 Å². The largest absolute Gasteiger partial charge is 0.497 e. The van der Waals surface area contributed by atoms with E-state index in [0.29, 0.717) is 35.2 Å². The molecule has 2 heterocycles. The van der Waals surface area contributed by atoms with Crippen molar-refractivity contribution in [2.45, 2.75) is 25.8 Å². The summed E-state index contributed by atoms with van der Waals surface area (Å²) in [5.41, 5.74) is 12.7. The van der Waals surface area contributed by atoms with Crippen LogP contribution in [0.25, 0.3) is 5.70 Å². The molecule has 0 spiro atoms. The van der Waals surface area contributed by atoms with Crippen LogP contribution < -0.4 is 26.3 Å². The molecule has 0 radical (unpaired) electrons. The first kappa shape index (κ1) is 24.8. The molecule has 0 aliphatic carbocycles. The topological polar surface area (TPSA) is 145 Å². The Kier molecular flexibility index (Phi) is 8.25. The maximum absolute atomic E-state index is 12.7. The van der Waals surface area contributed by atoms with E-state index < -0.39 is 18.0 Å². The van der Waals surface area contributed by atoms with Gasteiger partial charge < -0.3 is 25.8 Å². The molecule has 5 N–H and O–H groups in total. The Morgan fingerprint density at radius 3 is 2.68 bits per heavy atom. The summed E-state index contributed by atoms with van der Waals surface area (Å²) in [6, 6.07) is 6.11. The van der Waals surface area contributed by atoms with Crippen molar-refractivity contribution in [1.29, 1.82) is 0 Å². The maximum Gasteiger partial charge on any atom is 0.324 e. The molecule has 1 fully saturated rings. The van der Waals surface area contributed by atoms with E-state index in [-0.39, 0.29) is 12.4 Å². The Balaban J connectivity index is 1.70. The van der Waals surface area contributed by atoms with Crippen LogP contribution in [0.2, 0.25) is 0 Å². The minimum Gasteiger partial charge on any atom is -0.497 e. The Bertz CT molecular complexity index is 1110. The van der Waals surface area contributed by atoms with Crippen LogP contribution in [0.3, 0.4) is 0 Å². The Labute approximate surface area is 202 Å². The number of rotatable bonds is 9. The summed E-state index contributed by atoms with van der Waals surface area (Å²) in [6.07, 6.45) is 4.58. The molecule has 34 heavy (non-hydrogen) atoms. The van der Waals surface area contributed by atoms with Crippen LogP contribution in [0, 0.1) is 6.92 Å². The molecule has 1 saturated heterocycles. The fourth-order valence-corrected chi connectivity index (χ4v) is 4.37. The molecule has 1 aromatic heterocycles. The number of hydrogen-bond donors (Lipinski definition) is 3. The van der Waals surface area contributed by atoms with Crippen molar-refractivity contribution in [3.63, 3.8) is 0 Å². The second-order valence-electron chi connectivity index (χ2n) is 7.47. The molecule has 10 nitrogen and oxygen atoms in total. The van der Waals surface area contributed by atoms with E-state index in [2.05, 4.69) is 21.9 Å². The number of likely N-dealkylation sites (tertiary alicyclic amines) is 1. The number of carbonyl (C=O) groups excluding carboxylic acids is 2. The van der Waals surface area contributed by atoms with Crippen molar-refractivity contribution in [1.82, 2.24) is 9.88 Å². The highest BCUT2D eigenvalue weighted by Gasteiger charge is 2.33. The Hall–Kier alpha value is -3.86. The number of aryl methyl sites for hydroxylation is 1. The van der Waals surface area contributed by atoms with E-state index in [1.165, 1.54) is 16.2 Å². The fourth-order valence-electron chi connectivity index (χ4n) is 3.45. The number of anilines is 1. The lowest BCUT2D eigenvalue weighted by Crippen LogP contribution is -2.45. The van der Waals surface area contributed by atoms with Gasteiger partial charge in [-0.05, 0) is 50.1 Å². The van der Waals surface area contributed by atoms with Crippen LogP contribution in [0.15, 0.2) is 48.0 Å². The van der Waals surface area contributed by atoms with Crippen LogP contribution >= 0.6 is 11.3 Å². The van der Waals surface area contributed by atoms with Crippen LogP contribution in [-0.4, -0.2) is 54.0 Å². The quantitative estimate of drug-likeness (QED) is 0.283. The zero-order chi connectivity index (χ0) is 24.7. The average Bonchev–Trinajstić information content (AvgIpc) is 3.45. The van der Waals surface area contributed by atoms with E-state index in [1.54, 1.807) is 50.5 Å². The van der Waals surface area contributed by atoms with Gasteiger partial charge in [-0.15, -0.1) is 0 Å². The molecule has 0 bridgehead atoms. The van der Waals surface area contributed by atoms with Crippen molar-refractivity contribution in [3.05, 3.63) is 53.6 Å². The second-order valence-corrected chi connectivity index (χ2v) is 8.47. The number of allylic oxidation sites excluding steroid dienone is 2. The van der Waals surface area contributed by atoms with Gasteiger partial charge in [0.25, 0.3) is 0 Å². The fraction of sp³-hybridized carbons (Fsp3) is 0.304. The van der Waals surface area contributed by atoms with Gasteiger partial charge in [-0.1, -0.05) is 24.0 Å². The summed E-state index contributed by atoms with van der Waals surface area (Å²) in [7, 11) is 1.59. The number of aromatic nitrogens is 1. The number of methoxy groups -OCH3 is 1. The molecular formula is C23H28N6O4S. The van der Waals surface area contributed by atoms with E-state index in [0.717, 1.165) is 17.0 Å². The van der Waals surface area contributed by atoms with Gasteiger partial charge in [-0.3, -0.25) is 10.1 Å².